The molecule has 0 saturated carbocycles. The van der Waals surface area contributed by atoms with Gasteiger partial charge in [-0.15, -0.1) is 10.2 Å². The molecule has 0 saturated heterocycles. The molecule has 0 bridgehead atoms. The Hall–Kier alpha value is -3.09. The van der Waals surface area contributed by atoms with Gasteiger partial charge in [-0.2, -0.15) is 0 Å². The number of aromatic hydroxyl groups is 1. The number of nitrogens with zero attached hydrogens (tertiary/aromatic N) is 3. The van der Waals surface area contributed by atoms with Gasteiger partial charge in [0.25, 0.3) is 0 Å². The van der Waals surface area contributed by atoms with Crippen molar-refractivity contribution in [3.8, 4) is 17.1 Å². The zero-order valence-electron chi connectivity index (χ0n) is 10.5. The van der Waals surface area contributed by atoms with Gasteiger partial charge in [0, 0.05) is 6.07 Å². The summed E-state index contributed by atoms with van der Waals surface area (Å²) in [5, 5.41) is 25.9. The average molecular weight is 285 g/mol. The van der Waals surface area contributed by atoms with Crippen molar-refractivity contribution in [1.82, 2.24) is 15.2 Å². The van der Waals surface area contributed by atoms with E-state index in [-0.39, 0.29) is 22.7 Å². The third-order valence-corrected chi connectivity index (χ3v) is 2.89. The molecule has 3 aromatic rings. The lowest BCUT2D eigenvalue weighted by Crippen LogP contribution is -2.00. The van der Waals surface area contributed by atoms with Crippen LogP contribution in [0.25, 0.3) is 22.4 Å². The molecule has 1 heterocycles. The van der Waals surface area contributed by atoms with Crippen LogP contribution in [-0.4, -0.2) is 31.4 Å². The van der Waals surface area contributed by atoms with E-state index < -0.39 is 11.8 Å². The van der Waals surface area contributed by atoms with Crippen LogP contribution in [0.15, 0.2) is 36.4 Å². The van der Waals surface area contributed by atoms with E-state index in [1.54, 1.807) is 6.07 Å². The van der Waals surface area contributed by atoms with E-state index >= 15 is 0 Å². The number of carboxylic acids is 1. The smallest absolute Gasteiger partial charge is 0.335 e. The maximum absolute atomic E-state index is 14.0. The zero-order valence-corrected chi connectivity index (χ0v) is 10.5. The second kappa shape index (κ2) is 4.78. The lowest BCUT2D eigenvalue weighted by Gasteiger charge is -2.04. The van der Waals surface area contributed by atoms with Crippen LogP contribution < -0.4 is 0 Å². The van der Waals surface area contributed by atoms with E-state index in [9.17, 15) is 14.3 Å². The molecule has 1 aromatic heterocycles. The molecule has 0 unspecified atom stereocenters. The number of carbonyl (C=O) groups is 1. The molecule has 21 heavy (non-hydrogen) atoms. The van der Waals surface area contributed by atoms with Gasteiger partial charge in [0.15, 0.2) is 5.82 Å². The molecule has 0 radical (unpaired) electrons. The highest BCUT2D eigenvalue weighted by molar-refractivity contribution is 5.88. The lowest BCUT2D eigenvalue weighted by atomic mass is 10.1. The predicted octanol–water partition coefficient (Wildman–Crippen LogP) is 2.23. The van der Waals surface area contributed by atoms with Gasteiger partial charge < -0.3 is 10.2 Å². The van der Waals surface area contributed by atoms with E-state index in [1.807, 2.05) is 0 Å². The first kappa shape index (κ1) is 12.9. The highest BCUT2D eigenvalue weighted by Crippen LogP contribution is 2.23. The largest absolute Gasteiger partial charge is 0.508 e. The van der Waals surface area contributed by atoms with E-state index in [1.165, 1.54) is 24.3 Å². The monoisotopic (exact) mass is 285 g/mol. The first-order chi connectivity index (χ1) is 10.0. The average Bonchev–Trinajstić information content (AvgIpc) is 2.46. The SMILES string of the molecule is O=C(O)c1ccc(-c2nnc3ccc(O)cc3n2)c(F)c1. The number of halogens is 1. The van der Waals surface area contributed by atoms with Crippen molar-refractivity contribution in [2.75, 3.05) is 0 Å². The molecule has 0 amide bonds. The van der Waals surface area contributed by atoms with Crippen molar-refractivity contribution in [3.63, 3.8) is 0 Å². The number of benzene rings is 2. The van der Waals surface area contributed by atoms with Crippen LogP contribution in [0.1, 0.15) is 10.4 Å². The Labute approximate surface area is 117 Å². The van der Waals surface area contributed by atoms with E-state index in [2.05, 4.69) is 15.2 Å². The van der Waals surface area contributed by atoms with Crippen molar-refractivity contribution < 1.29 is 19.4 Å². The summed E-state index contributed by atoms with van der Waals surface area (Å²) in [6.45, 7) is 0. The van der Waals surface area contributed by atoms with Crippen LogP contribution in [-0.2, 0) is 0 Å². The number of carboxylic acid groups (broad SMARTS) is 1. The summed E-state index contributed by atoms with van der Waals surface area (Å²) in [4.78, 5) is 14.9. The van der Waals surface area contributed by atoms with E-state index in [0.717, 1.165) is 6.07 Å². The van der Waals surface area contributed by atoms with Gasteiger partial charge >= 0.3 is 5.97 Å². The Kier molecular flexibility index (Phi) is 2.94. The van der Waals surface area contributed by atoms with Gasteiger partial charge in [-0.1, -0.05) is 0 Å². The Morgan fingerprint density at radius 3 is 2.57 bits per heavy atom. The van der Waals surface area contributed by atoms with Crippen molar-refractivity contribution in [2.24, 2.45) is 0 Å². The third-order valence-electron chi connectivity index (χ3n) is 2.89. The summed E-state index contributed by atoms with van der Waals surface area (Å²) < 4.78 is 14.0. The summed E-state index contributed by atoms with van der Waals surface area (Å²) in [6.07, 6.45) is 0. The molecule has 0 aliphatic heterocycles. The highest BCUT2D eigenvalue weighted by Gasteiger charge is 2.13. The summed E-state index contributed by atoms with van der Waals surface area (Å²) in [7, 11) is 0. The summed E-state index contributed by atoms with van der Waals surface area (Å²) >= 11 is 0. The number of aromatic carboxylic acids is 1. The zero-order chi connectivity index (χ0) is 15.0. The number of hydrogen-bond donors (Lipinski definition) is 2. The van der Waals surface area contributed by atoms with Crippen LogP contribution >= 0.6 is 0 Å². The molecule has 0 atom stereocenters. The molecule has 6 nitrogen and oxygen atoms in total. The van der Waals surface area contributed by atoms with Crippen LogP contribution in [0, 0.1) is 5.82 Å². The van der Waals surface area contributed by atoms with Gasteiger partial charge in [-0.3, -0.25) is 0 Å². The lowest BCUT2D eigenvalue weighted by molar-refractivity contribution is 0.0696. The van der Waals surface area contributed by atoms with Gasteiger partial charge in [-0.25, -0.2) is 14.2 Å². The first-order valence-electron chi connectivity index (χ1n) is 5.91. The topological polar surface area (TPSA) is 96.2 Å². The molecule has 0 fully saturated rings. The number of rotatable bonds is 2. The summed E-state index contributed by atoms with van der Waals surface area (Å²) in [5.41, 5.74) is 0.696. The maximum atomic E-state index is 14.0. The predicted molar refractivity (Wildman–Crippen MR) is 71.4 cm³/mol. The molecule has 104 valence electrons. The minimum atomic E-state index is -1.22. The van der Waals surface area contributed by atoms with Crippen molar-refractivity contribution in [3.05, 3.63) is 47.8 Å². The number of phenols is 1. The van der Waals surface area contributed by atoms with Gasteiger partial charge in [0.05, 0.1) is 16.6 Å². The molecule has 2 aromatic carbocycles. The summed E-state index contributed by atoms with van der Waals surface area (Å²) in [6, 6.07) is 7.81. The van der Waals surface area contributed by atoms with Crippen LogP contribution in [0.3, 0.4) is 0 Å². The normalized spacial score (nSPS) is 10.7. The number of hydrogen-bond acceptors (Lipinski definition) is 5. The third kappa shape index (κ3) is 2.36. The van der Waals surface area contributed by atoms with Crippen molar-refractivity contribution in [1.29, 1.82) is 0 Å². The van der Waals surface area contributed by atoms with Crippen LogP contribution in [0.4, 0.5) is 4.39 Å². The maximum Gasteiger partial charge on any atom is 0.335 e. The molecule has 7 heteroatoms. The number of phenolic OH excluding ortho intramolecular Hbond substituents is 1. The minimum Gasteiger partial charge on any atom is -0.508 e. The Morgan fingerprint density at radius 1 is 1.05 bits per heavy atom. The van der Waals surface area contributed by atoms with Crippen molar-refractivity contribution in [2.45, 2.75) is 0 Å². The molecule has 0 aliphatic carbocycles. The van der Waals surface area contributed by atoms with Crippen LogP contribution in [0.5, 0.6) is 5.75 Å². The molecular weight excluding hydrogens is 277 g/mol. The van der Waals surface area contributed by atoms with E-state index in [4.69, 9.17) is 5.11 Å². The molecule has 0 spiro atoms. The van der Waals surface area contributed by atoms with E-state index in [0.29, 0.717) is 11.0 Å². The fourth-order valence-corrected chi connectivity index (χ4v) is 1.87. The molecule has 0 aliphatic rings. The molecule has 3 rings (SSSR count). The quantitative estimate of drug-likeness (QED) is 0.749. The molecule has 2 N–H and O–H groups in total. The van der Waals surface area contributed by atoms with Crippen LogP contribution in [0.2, 0.25) is 0 Å². The highest BCUT2D eigenvalue weighted by atomic mass is 19.1. The van der Waals surface area contributed by atoms with Gasteiger partial charge in [-0.05, 0) is 30.3 Å². The summed E-state index contributed by atoms with van der Waals surface area (Å²) in [5.74, 6) is -1.95. The number of aromatic nitrogens is 3. The fourth-order valence-electron chi connectivity index (χ4n) is 1.87. The van der Waals surface area contributed by atoms with Gasteiger partial charge in [0.1, 0.15) is 17.1 Å². The second-order valence-corrected chi connectivity index (χ2v) is 4.31. The second-order valence-electron chi connectivity index (χ2n) is 4.31. The minimum absolute atomic E-state index is 0.00986. The number of fused-ring (bicyclic) bond motifs is 1. The fraction of sp³-hybridized carbons (Fsp3) is 0. The Balaban J connectivity index is 2.13. The molecular formula is C14H8FN3O3. The standard InChI is InChI=1S/C14H8FN3O3/c15-10-5-7(14(20)21)1-3-9(10)13-16-12-6-8(19)2-4-11(12)17-18-13/h1-6,19H,(H,20,21). The Bertz CT molecular complexity index is 867. The van der Waals surface area contributed by atoms with Gasteiger partial charge in [0.2, 0.25) is 0 Å². The first-order valence-corrected chi connectivity index (χ1v) is 5.91. The van der Waals surface area contributed by atoms with Crippen molar-refractivity contribution >= 4 is 17.0 Å². The Morgan fingerprint density at radius 2 is 1.86 bits per heavy atom.